The highest BCUT2D eigenvalue weighted by atomic mass is 16.6. The largest absolute Gasteiger partial charge is 0.489 e. The van der Waals surface area contributed by atoms with E-state index in [2.05, 4.69) is 11.2 Å². The van der Waals surface area contributed by atoms with E-state index in [4.69, 9.17) is 9.47 Å². The second-order valence-corrected chi connectivity index (χ2v) is 8.35. The number of carbonyl (C=O) groups excluding carboxylic acids is 1. The van der Waals surface area contributed by atoms with Crippen molar-refractivity contribution in [2.75, 3.05) is 13.1 Å². The average molecular weight is 357 g/mol. The molecule has 1 aliphatic carbocycles. The first-order chi connectivity index (χ1) is 12.4. The van der Waals surface area contributed by atoms with Crippen LogP contribution in [0.4, 0.5) is 4.79 Å². The van der Waals surface area contributed by atoms with Gasteiger partial charge >= 0.3 is 6.09 Å². The van der Waals surface area contributed by atoms with Gasteiger partial charge in [-0.15, -0.1) is 0 Å². The molecule has 3 heterocycles. The van der Waals surface area contributed by atoms with Gasteiger partial charge in [0, 0.05) is 18.7 Å². The Morgan fingerprint density at radius 2 is 1.88 bits per heavy atom. The zero-order chi connectivity index (χ0) is 18.3. The summed E-state index contributed by atoms with van der Waals surface area (Å²) in [6.45, 7) is 7.15. The number of nitrogens with zero attached hydrogens (tertiary/aromatic N) is 3. The van der Waals surface area contributed by atoms with E-state index < -0.39 is 5.60 Å². The Morgan fingerprint density at radius 1 is 1.15 bits per heavy atom. The standard InChI is InChI=1S/C20H27N3O3/c1-20(2,3)26-19(24)22-10-8-14(9-11-22)17-12-21-23-13-16(6-7-18(17)23)25-15-4-5-15/h6-7,12-15H,4-5,8-11H2,1-3H3. The molecule has 0 atom stereocenters. The van der Waals surface area contributed by atoms with Gasteiger partial charge in [-0.3, -0.25) is 0 Å². The molecule has 1 aliphatic heterocycles. The number of hydrogen-bond donors (Lipinski definition) is 0. The molecule has 1 saturated heterocycles. The minimum absolute atomic E-state index is 0.210. The van der Waals surface area contributed by atoms with Gasteiger partial charge in [0.05, 0.1) is 24.0 Å². The predicted molar refractivity (Wildman–Crippen MR) is 98.6 cm³/mol. The molecule has 26 heavy (non-hydrogen) atoms. The van der Waals surface area contributed by atoms with Crippen LogP contribution in [0, 0.1) is 0 Å². The van der Waals surface area contributed by atoms with Crippen molar-refractivity contribution in [2.45, 2.75) is 64.1 Å². The summed E-state index contributed by atoms with van der Waals surface area (Å²) < 4.78 is 13.2. The number of piperidine rings is 1. The second-order valence-electron chi connectivity index (χ2n) is 8.35. The van der Waals surface area contributed by atoms with Crippen LogP contribution in [0.5, 0.6) is 5.75 Å². The summed E-state index contributed by atoms with van der Waals surface area (Å²) in [5.41, 5.74) is 1.94. The van der Waals surface area contributed by atoms with Gasteiger partial charge in [-0.05, 0) is 64.5 Å². The first-order valence-corrected chi connectivity index (χ1v) is 9.51. The fourth-order valence-electron chi connectivity index (χ4n) is 3.45. The molecule has 1 amide bonds. The van der Waals surface area contributed by atoms with Gasteiger partial charge in [-0.1, -0.05) is 0 Å². The van der Waals surface area contributed by atoms with E-state index >= 15 is 0 Å². The number of carbonyl (C=O) groups is 1. The zero-order valence-electron chi connectivity index (χ0n) is 15.8. The Balaban J connectivity index is 1.41. The molecule has 1 saturated carbocycles. The van der Waals surface area contributed by atoms with Gasteiger partial charge in [0.2, 0.25) is 0 Å². The van der Waals surface area contributed by atoms with Gasteiger partial charge in [-0.2, -0.15) is 5.10 Å². The molecule has 4 rings (SSSR count). The molecule has 2 aromatic heterocycles. The van der Waals surface area contributed by atoms with E-state index in [1.807, 2.05) is 48.6 Å². The lowest BCUT2D eigenvalue weighted by molar-refractivity contribution is 0.0205. The third kappa shape index (κ3) is 3.79. The highest BCUT2D eigenvalue weighted by Gasteiger charge is 2.29. The fourth-order valence-corrected chi connectivity index (χ4v) is 3.45. The highest BCUT2D eigenvalue weighted by molar-refractivity contribution is 5.68. The number of aromatic nitrogens is 2. The Morgan fingerprint density at radius 3 is 2.54 bits per heavy atom. The lowest BCUT2D eigenvalue weighted by Crippen LogP contribution is -2.41. The molecule has 2 aliphatic rings. The van der Waals surface area contributed by atoms with Crippen LogP contribution in [-0.4, -0.2) is 45.4 Å². The molecule has 6 heteroatoms. The number of ether oxygens (including phenoxy) is 2. The van der Waals surface area contributed by atoms with Gasteiger partial charge in [0.1, 0.15) is 11.4 Å². The van der Waals surface area contributed by atoms with Crippen molar-refractivity contribution in [3.05, 3.63) is 30.1 Å². The van der Waals surface area contributed by atoms with Crippen molar-refractivity contribution in [3.8, 4) is 5.75 Å². The summed E-state index contributed by atoms with van der Waals surface area (Å²) >= 11 is 0. The van der Waals surface area contributed by atoms with Crippen molar-refractivity contribution in [1.82, 2.24) is 14.5 Å². The molecule has 2 fully saturated rings. The maximum Gasteiger partial charge on any atom is 0.410 e. The molecule has 2 aromatic rings. The maximum absolute atomic E-state index is 12.2. The topological polar surface area (TPSA) is 56.1 Å². The zero-order valence-corrected chi connectivity index (χ0v) is 15.8. The smallest absolute Gasteiger partial charge is 0.410 e. The van der Waals surface area contributed by atoms with E-state index in [1.54, 1.807) is 0 Å². The van der Waals surface area contributed by atoms with Crippen LogP contribution in [0.15, 0.2) is 24.5 Å². The Bertz CT molecular complexity index is 796. The van der Waals surface area contributed by atoms with Crippen molar-refractivity contribution in [1.29, 1.82) is 0 Å². The van der Waals surface area contributed by atoms with Gasteiger partial charge < -0.3 is 14.4 Å². The number of hydrogen-bond acceptors (Lipinski definition) is 4. The lowest BCUT2D eigenvalue weighted by atomic mass is 9.90. The molecular formula is C20H27N3O3. The summed E-state index contributed by atoms with van der Waals surface area (Å²) in [6.07, 6.45) is 8.27. The lowest BCUT2D eigenvalue weighted by Gasteiger charge is -2.33. The third-order valence-corrected chi connectivity index (χ3v) is 4.93. The molecule has 140 valence electrons. The molecule has 0 bridgehead atoms. The number of pyridine rings is 1. The van der Waals surface area contributed by atoms with Gasteiger partial charge in [0.15, 0.2) is 0 Å². The van der Waals surface area contributed by atoms with Crippen LogP contribution in [0.3, 0.4) is 0 Å². The summed E-state index contributed by atoms with van der Waals surface area (Å²) in [6, 6.07) is 4.13. The molecule has 0 N–H and O–H groups in total. The Kier molecular flexibility index (Phi) is 4.29. The number of amides is 1. The van der Waals surface area contributed by atoms with Crippen molar-refractivity contribution >= 4 is 11.6 Å². The molecule has 0 radical (unpaired) electrons. The van der Waals surface area contributed by atoms with Crippen LogP contribution < -0.4 is 4.74 Å². The van der Waals surface area contributed by atoms with E-state index in [0.717, 1.165) is 50.0 Å². The average Bonchev–Trinajstić information content (AvgIpc) is 3.30. The molecular weight excluding hydrogens is 330 g/mol. The van der Waals surface area contributed by atoms with Crippen molar-refractivity contribution in [3.63, 3.8) is 0 Å². The van der Waals surface area contributed by atoms with E-state index in [9.17, 15) is 4.79 Å². The van der Waals surface area contributed by atoms with Crippen LogP contribution in [0.1, 0.15) is 57.9 Å². The normalized spacial score (nSPS) is 19.0. The SMILES string of the molecule is CC(C)(C)OC(=O)N1CCC(c2cnn3cc(OC4CC4)ccc23)CC1. The molecule has 0 unspecified atom stereocenters. The van der Waals surface area contributed by atoms with Gasteiger partial charge in [-0.25, -0.2) is 9.31 Å². The van der Waals surface area contributed by atoms with Gasteiger partial charge in [0.25, 0.3) is 0 Å². The van der Waals surface area contributed by atoms with Crippen LogP contribution >= 0.6 is 0 Å². The first-order valence-electron chi connectivity index (χ1n) is 9.51. The van der Waals surface area contributed by atoms with Crippen LogP contribution in [0.25, 0.3) is 5.52 Å². The summed E-state index contributed by atoms with van der Waals surface area (Å²) in [5.74, 6) is 1.30. The summed E-state index contributed by atoms with van der Waals surface area (Å²) in [4.78, 5) is 14.0. The Hall–Kier alpha value is -2.24. The quantitative estimate of drug-likeness (QED) is 0.833. The second kappa shape index (κ2) is 6.49. The predicted octanol–water partition coefficient (Wildman–Crippen LogP) is 3.99. The number of fused-ring (bicyclic) bond motifs is 1. The molecule has 0 aromatic carbocycles. The van der Waals surface area contributed by atoms with E-state index in [1.165, 1.54) is 5.56 Å². The minimum atomic E-state index is -0.448. The summed E-state index contributed by atoms with van der Waals surface area (Å²) in [5, 5.41) is 4.52. The Labute approximate surface area is 154 Å². The van der Waals surface area contributed by atoms with Crippen molar-refractivity contribution < 1.29 is 14.3 Å². The highest BCUT2D eigenvalue weighted by Crippen LogP contribution is 2.33. The fraction of sp³-hybridized carbons (Fsp3) is 0.600. The van der Waals surface area contributed by atoms with Crippen LogP contribution in [-0.2, 0) is 4.74 Å². The third-order valence-electron chi connectivity index (χ3n) is 4.93. The van der Waals surface area contributed by atoms with Crippen LogP contribution in [0.2, 0.25) is 0 Å². The monoisotopic (exact) mass is 357 g/mol. The van der Waals surface area contributed by atoms with Crippen molar-refractivity contribution in [2.24, 2.45) is 0 Å². The van der Waals surface area contributed by atoms with E-state index in [-0.39, 0.29) is 6.09 Å². The number of likely N-dealkylation sites (tertiary alicyclic amines) is 1. The summed E-state index contributed by atoms with van der Waals surface area (Å²) in [7, 11) is 0. The maximum atomic E-state index is 12.2. The van der Waals surface area contributed by atoms with E-state index in [0.29, 0.717) is 12.0 Å². The first kappa shape index (κ1) is 17.2. The minimum Gasteiger partial charge on any atom is -0.489 e. The molecule has 6 nitrogen and oxygen atoms in total. The number of rotatable bonds is 3. The molecule has 0 spiro atoms.